The second kappa shape index (κ2) is 5.05. The number of aryl methyl sites for hydroxylation is 1. The fraction of sp³-hybridized carbons (Fsp3) is 0.636. The first-order chi connectivity index (χ1) is 8.52. The molecule has 7 nitrogen and oxygen atoms in total. The van der Waals surface area contributed by atoms with Gasteiger partial charge in [-0.05, 0) is 19.8 Å². The van der Waals surface area contributed by atoms with Gasteiger partial charge in [-0.15, -0.1) is 0 Å². The minimum Gasteiger partial charge on any atom is -0.356 e. The molecule has 1 aromatic heterocycles. The molecular formula is C11H17N3O4. The molecule has 7 heteroatoms. The predicted molar refractivity (Wildman–Crippen MR) is 63.5 cm³/mol. The summed E-state index contributed by atoms with van der Waals surface area (Å²) in [4.78, 5) is 23.4. The Morgan fingerprint density at radius 1 is 1.50 bits per heavy atom. The van der Waals surface area contributed by atoms with Crippen LogP contribution >= 0.6 is 0 Å². The normalized spacial score (nSPS) is 23.5. The minimum absolute atomic E-state index is 0.135. The SMILES string of the molecule is Cc1cn(CC2CCC(NO)O2)c(=O)n(C)c1=O. The first-order valence-electron chi connectivity index (χ1n) is 5.85. The third-order valence-corrected chi connectivity index (χ3v) is 3.18. The third kappa shape index (κ3) is 2.38. The summed E-state index contributed by atoms with van der Waals surface area (Å²) in [5, 5.41) is 8.74. The first kappa shape index (κ1) is 13.0. The second-order valence-electron chi connectivity index (χ2n) is 4.56. The minimum atomic E-state index is -0.376. The van der Waals surface area contributed by atoms with Crippen LogP contribution in [0.4, 0.5) is 0 Å². The summed E-state index contributed by atoms with van der Waals surface area (Å²) in [6.07, 6.45) is 2.49. The fourth-order valence-electron chi connectivity index (χ4n) is 2.17. The van der Waals surface area contributed by atoms with Gasteiger partial charge < -0.3 is 9.94 Å². The van der Waals surface area contributed by atoms with Gasteiger partial charge in [-0.25, -0.2) is 4.79 Å². The van der Waals surface area contributed by atoms with Crippen molar-refractivity contribution in [1.29, 1.82) is 0 Å². The monoisotopic (exact) mass is 255 g/mol. The van der Waals surface area contributed by atoms with E-state index in [1.807, 2.05) is 0 Å². The number of aromatic nitrogens is 2. The van der Waals surface area contributed by atoms with Crippen molar-refractivity contribution in [1.82, 2.24) is 14.6 Å². The van der Waals surface area contributed by atoms with Crippen LogP contribution in [-0.2, 0) is 18.3 Å². The smallest absolute Gasteiger partial charge is 0.330 e. The Kier molecular flexibility index (Phi) is 3.65. The van der Waals surface area contributed by atoms with Gasteiger partial charge in [0.25, 0.3) is 5.56 Å². The maximum Gasteiger partial charge on any atom is 0.330 e. The first-order valence-corrected chi connectivity index (χ1v) is 5.85. The molecule has 2 heterocycles. The van der Waals surface area contributed by atoms with E-state index in [2.05, 4.69) is 5.48 Å². The van der Waals surface area contributed by atoms with E-state index >= 15 is 0 Å². The lowest BCUT2D eigenvalue weighted by atomic mass is 10.2. The molecule has 0 saturated carbocycles. The Balaban J connectivity index is 2.21. The van der Waals surface area contributed by atoms with Crippen LogP contribution in [0.25, 0.3) is 0 Å². The van der Waals surface area contributed by atoms with Crippen molar-refractivity contribution in [3.8, 4) is 0 Å². The zero-order chi connectivity index (χ0) is 13.3. The highest BCUT2D eigenvalue weighted by atomic mass is 16.6. The summed E-state index contributed by atoms with van der Waals surface area (Å²) in [6.45, 7) is 2.05. The maximum absolute atomic E-state index is 11.9. The average Bonchev–Trinajstić information content (AvgIpc) is 2.81. The van der Waals surface area contributed by atoms with Crippen molar-refractivity contribution in [2.45, 2.75) is 38.6 Å². The lowest BCUT2D eigenvalue weighted by Crippen LogP contribution is -2.40. The van der Waals surface area contributed by atoms with E-state index in [0.717, 1.165) is 11.0 Å². The van der Waals surface area contributed by atoms with E-state index < -0.39 is 0 Å². The molecule has 0 aliphatic carbocycles. The molecule has 0 radical (unpaired) electrons. The number of nitrogens with zero attached hydrogens (tertiary/aromatic N) is 2. The Morgan fingerprint density at radius 3 is 2.83 bits per heavy atom. The van der Waals surface area contributed by atoms with Gasteiger partial charge >= 0.3 is 5.69 Å². The topological polar surface area (TPSA) is 85.5 Å². The van der Waals surface area contributed by atoms with Gasteiger partial charge in [-0.1, -0.05) is 0 Å². The molecule has 0 amide bonds. The Morgan fingerprint density at radius 2 is 2.22 bits per heavy atom. The highest BCUT2D eigenvalue weighted by Crippen LogP contribution is 2.18. The van der Waals surface area contributed by atoms with E-state index in [9.17, 15) is 9.59 Å². The van der Waals surface area contributed by atoms with Gasteiger partial charge in [0.15, 0.2) is 0 Å². The second-order valence-corrected chi connectivity index (χ2v) is 4.56. The molecule has 1 aliphatic heterocycles. The van der Waals surface area contributed by atoms with Crippen LogP contribution in [0.3, 0.4) is 0 Å². The third-order valence-electron chi connectivity index (χ3n) is 3.18. The van der Waals surface area contributed by atoms with Gasteiger partial charge in [0.2, 0.25) is 0 Å². The molecule has 0 bridgehead atoms. The van der Waals surface area contributed by atoms with E-state index in [4.69, 9.17) is 9.94 Å². The summed E-state index contributed by atoms with van der Waals surface area (Å²) in [6, 6.07) is 0. The molecule has 18 heavy (non-hydrogen) atoms. The van der Waals surface area contributed by atoms with Crippen LogP contribution in [0, 0.1) is 6.92 Å². The van der Waals surface area contributed by atoms with Crippen LogP contribution in [0.1, 0.15) is 18.4 Å². The van der Waals surface area contributed by atoms with Gasteiger partial charge in [0, 0.05) is 18.8 Å². The Hall–Kier alpha value is -1.44. The lowest BCUT2D eigenvalue weighted by molar-refractivity contribution is -0.0518. The van der Waals surface area contributed by atoms with Crippen molar-refractivity contribution in [2.24, 2.45) is 7.05 Å². The van der Waals surface area contributed by atoms with Gasteiger partial charge in [0.1, 0.15) is 6.23 Å². The van der Waals surface area contributed by atoms with Crippen LogP contribution < -0.4 is 16.7 Å². The molecule has 100 valence electrons. The van der Waals surface area contributed by atoms with Crippen molar-refractivity contribution in [3.05, 3.63) is 32.6 Å². The van der Waals surface area contributed by atoms with Crippen LogP contribution in [-0.4, -0.2) is 26.7 Å². The Labute approximate surface area is 104 Å². The highest BCUT2D eigenvalue weighted by molar-refractivity contribution is 5.02. The van der Waals surface area contributed by atoms with Gasteiger partial charge in [-0.3, -0.25) is 13.9 Å². The molecule has 1 aromatic rings. The largest absolute Gasteiger partial charge is 0.356 e. The van der Waals surface area contributed by atoms with Crippen molar-refractivity contribution in [2.75, 3.05) is 0 Å². The molecule has 1 aliphatic rings. The van der Waals surface area contributed by atoms with Crippen LogP contribution in [0.5, 0.6) is 0 Å². The number of hydrogen-bond acceptors (Lipinski definition) is 5. The van der Waals surface area contributed by atoms with E-state index in [0.29, 0.717) is 18.5 Å². The Bertz CT molecular complexity index is 548. The molecule has 2 unspecified atom stereocenters. The van der Waals surface area contributed by atoms with E-state index in [-0.39, 0.29) is 23.6 Å². The molecule has 0 spiro atoms. The molecule has 1 saturated heterocycles. The molecular weight excluding hydrogens is 238 g/mol. The lowest BCUT2D eigenvalue weighted by Gasteiger charge is -2.15. The number of hydrogen-bond donors (Lipinski definition) is 2. The number of ether oxygens (including phenoxy) is 1. The predicted octanol–water partition coefficient (Wildman–Crippen LogP) is -0.661. The zero-order valence-electron chi connectivity index (χ0n) is 10.4. The molecule has 2 atom stereocenters. The maximum atomic E-state index is 11.9. The summed E-state index contributed by atoms with van der Waals surface area (Å²) in [5.41, 5.74) is 1.95. The zero-order valence-corrected chi connectivity index (χ0v) is 10.4. The quantitative estimate of drug-likeness (QED) is 0.700. The highest BCUT2D eigenvalue weighted by Gasteiger charge is 2.25. The van der Waals surface area contributed by atoms with Crippen molar-refractivity contribution < 1.29 is 9.94 Å². The average molecular weight is 255 g/mol. The van der Waals surface area contributed by atoms with Crippen molar-refractivity contribution in [3.63, 3.8) is 0 Å². The van der Waals surface area contributed by atoms with Crippen molar-refractivity contribution >= 4 is 0 Å². The number of hydroxylamine groups is 1. The number of nitrogens with one attached hydrogen (secondary N) is 1. The molecule has 0 aromatic carbocycles. The van der Waals surface area contributed by atoms with Gasteiger partial charge in [0.05, 0.1) is 12.6 Å². The van der Waals surface area contributed by atoms with Crippen LogP contribution in [0.2, 0.25) is 0 Å². The van der Waals surface area contributed by atoms with E-state index in [1.54, 1.807) is 13.1 Å². The van der Waals surface area contributed by atoms with Crippen LogP contribution in [0.15, 0.2) is 15.8 Å². The molecule has 1 fully saturated rings. The summed E-state index contributed by atoms with van der Waals surface area (Å²) < 4.78 is 8.03. The fourth-order valence-corrected chi connectivity index (χ4v) is 2.17. The summed E-state index contributed by atoms with van der Waals surface area (Å²) in [5.74, 6) is 0. The standard InChI is InChI=1S/C11H17N3O4/c1-7-5-14(11(16)13(2)10(7)15)6-8-3-4-9(12-17)18-8/h5,8-9,12,17H,3-4,6H2,1-2H3. The van der Waals surface area contributed by atoms with E-state index in [1.165, 1.54) is 11.6 Å². The number of rotatable bonds is 3. The molecule has 2 N–H and O–H groups in total. The molecule has 2 rings (SSSR count). The summed E-state index contributed by atoms with van der Waals surface area (Å²) in [7, 11) is 1.46. The van der Waals surface area contributed by atoms with Gasteiger partial charge in [-0.2, -0.15) is 5.48 Å². The summed E-state index contributed by atoms with van der Waals surface area (Å²) >= 11 is 0.